The summed E-state index contributed by atoms with van der Waals surface area (Å²) in [6.07, 6.45) is 1.50. The fourth-order valence-corrected chi connectivity index (χ4v) is 2.31. The van der Waals surface area contributed by atoms with Gasteiger partial charge in [0.15, 0.2) is 0 Å². The Morgan fingerprint density at radius 1 is 1.20 bits per heavy atom. The maximum Gasteiger partial charge on any atom is 0.126 e. The number of hydrogen-bond donors (Lipinski definition) is 1. The second kappa shape index (κ2) is 6.13. The van der Waals surface area contributed by atoms with Crippen LogP contribution in [0.3, 0.4) is 0 Å². The van der Waals surface area contributed by atoms with Gasteiger partial charge in [-0.25, -0.2) is 8.78 Å². The molecule has 1 aromatic carbocycles. The maximum absolute atomic E-state index is 13.3. The van der Waals surface area contributed by atoms with Crippen molar-refractivity contribution < 1.29 is 8.78 Å². The van der Waals surface area contributed by atoms with Crippen molar-refractivity contribution in [2.75, 3.05) is 7.05 Å². The van der Waals surface area contributed by atoms with Crippen LogP contribution in [0.1, 0.15) is 29.9 Å². The van der Waals surface area contributed by atoms with E-state index in [9.17, 15) is 8.78 Å². The molecule has 2 rings (SSSR count). The summed E-state index contributed by atoms with van der Waals surface area (Å²) in [5, 5.41) is 7.49. The number of likely N-dealkylation sites (N-methyl/N-ethyl adjacent to an activating group) is 1. The van der Waals surface area contributed by atoms with Crippen molar-refractivity contribution in [2.45, 2.75) is 25.8 Å². The molecule has 20 heavy (non-hydrogen) atoms. The third kappa shape index (κ3) is 3.22. The number of aromatic nitrogens is 2. The highest BCUT2D eigenvalue weighted by molar-refractivity contribution is 5.24. The van der Waals surface area contributed by atoms with Gasteiger partial charge in [0.1, 0.15) is 11.6 Å². The molecule has 0 aliphatic heterocycles. The minimum absolute atomic E-state index is 0.152. The van der Waals surface area contributed by atoms with Gasteiger partial charge in [0, 0.05) is 31.3 Å². The number of rotatable bonds is 5. The molecule has 1 aromatic heterocycles. The van der Waals surface area contributed by atoms with Gasteiger partial charge >= 0.3 is 0 Å². The minimum Gasteiger partial charge on any atom is -0.313 e. The van der Waals surface area contributed by atoms with Crippen LogP contribution in [0.25, 0.3) is 0 Å². The summed E-state index contributed by atoms with van der Waals surface area (Å²) in [5.41, 5.74) is 2.65. The van der Waals surface area contributed by atoms with Gasteiger partial charge in [0.25, 0.3) is 0 Å². The lowest BCUT2D eigenvalue weighted by molar-refractivity contribution is 0.538. The summed E-state index contributed by atoms with van der Waals surface area (Å²) < 4.78 is 28.5. The van der Waals surface area contributed by atoms with Crippen LogP contribution < -0.4 is 5.32 Å². The molecule has 0 bridgehead atoms. The van der Waals surface area contributed by atoms with E-state index in [0.717, 1.165) is 23.9 Å². The molecule has 2 aromatic rings. The zero-order chi connectivity index (χ0) is 14.7. The summed E-state index contributed by atoms with van der Waals surface area (Å²) in [5.74, 6) is -1.11. The third-order valence-electron chi connectivity index (χ3n) is 3.44. The topological polar surface area (TPSA) is 29.9 Å². The van der Waals surface area contributed by atoms with Crippen LogP contribution in [0, 0.1) is 11.6 Å². The van der Waals surface area contributed by atoms with Crippen LogP contribution in [-0.4, -0.2) is 16.8 Å². The largest absolute Gasteiger partial charge is 0.313 e. The van der Waals surface area contributed by atoms with Crippen molar-refractivity contribution in [1.29, 1.82) is 0 Å². The molecule has 1 heterocycles. The van der Waals surface area contributed by atoms with Crippen LogP contribution in [0.15, 0.2) is 24.3 Å². The normalized spacial score (nSPS) is 12.7. The van der Waals surface area contributed by atoms with Crippen molar-refractivity contribution in [3.63, 3.8) is 0 Å². The van der Waals surface area contributed by atoms with E-state index in [1.54, 1.807) is 7.05 Å². The van der Waals surface area contributed by atoms with Gasteiger partial charge < -0.3 is 5.32 Å². The Hall–Kier alpha value is -1.75. The first-order chi connectivity index (χ1) is 9.53. The molecule has 108 valence electrons. The lowest BCUT2D eigenvalue weighted by Crippen LogP contribution is -2.20. The number of nitrogens with zero attached hydrogens (tertiary/aromatic N) is 2. The highest BCUT2D eigenvalue weighted by Gasteiger charge is 2.15. The third-order valence-corrected chi connectivity index (χ3v) is 3.44. The molecule has 0 aliphatic carbocycles. The van der Waals surface area contributed by atoms with E-state index in [1.165, 1.54) is 12.1 Å². The van der Waals surface area contributed by atoms with E-state index in [4.69, 9.17) is 0 Å². The number of aryl methyl sites for hydroxylation is 2. The van der Waals surface area contributed by atoms with Crippen molar-refractivity contribution in [3.05, 3.63) is 52.9 Å². The van der Waals surface area contributed by atoms with E-state index in [0.29, 0.717) is 12.0 Å². The van der Waals surface area contributed by atoms with Crippen LogP contribution in [-0.2, 0) is 19.9 Å². The predicted octanol–water partition coefficient (Wildman–Crippen LogP) is 2.76. The molecule has 5 heteroatoms. The molecule has 0 aliphatic rings. The first-order valence-electron chi connectivity index (χ1n) is 6.68. The Labute approximate surface area is 117 Å². The fraction of sp³-hybridized carbons (Fsp3) is 0.400. The quantitative estimate of drug-likeness (QED) is 0.912. The van der Waals surface area contributed by atoms with E-state index in [1.807, 2.05) is 24.7 Å². The molecule has 0 amide bonds. The number of benzene rings is 1. The van der Waals surface area contributed by atoms with Crippen molar-refractivity contribution in [3.8, 4) is 0 Å². The predicted molar refractivity (Wildman–Crippen MR) is 74.4 cm³/mol. The smallest absolute Gasteiger partial charge is 0.126 e. The van der Waals surface area contributed by atoms with Crippen molar-refractivity contribution >= 4 is 0 Å². The average molecular weight is 279 g/mol. The second-order valence-corrected chi connectivity index (χ2v) is 4.85. The molecule has 1 N–H and O–H groups in total. The summed E-state index contributed by atoms with van der Waals surface area (Å²) in [7, 11) is 3.66. The molecule has 3 nitrogen and oxygen atoms in total. The number of halogens is 2. The van der Waals surface area contributed by atoms with Gasteiger partial charge in [-0.2, -0.15) is 5.10 Å². The molecule has 0 radical (unpaired) electrons. The van der Waals surface area contributed by atoms with Crippen LogP contribution in [0.2, 0.25) is 0 Å². The van der Waals surface area contributed by atoms with E-state index >= 15 is 0 Å². The van der Waals surface area contributed by atoms with E-state index in [-0.39, 0.29) is 6.04 Å². The number of nitrogens with one attached hydrogen (secondary N) is 1. The Balaban J connectivity index is 2.25. The SMILES string of the molecule is CCc1cc(CC(NC)c2cc(F)cc(F)c2)n(C)n1. The molecule has 0 saturated carbocycles. The van der Waals surface area contributed by atoms with Crippen molar-refractivity contribution in [2.24, 2.45) is 7.05 Å². The van der Waals surface area contributed by atoms with Crippen LogP contribution >= 0.6 is 0 Å². The van der Waals surface area contributed by atoms with Gasteiger partial charge in [0.05, 0.1) is 5.69 Å². The fourth-order valence-electron chi connectivity index (χ4n) is 2.31. The summed E-state index contributed by atoms with van der Waals surface area (Å²) in [6.45, 7) is 2.05. The molecule has 1 atom stereocenters. The Kier molecular flexibility index (Phi) is 4.49. The molecule has 1 unspecified atom stereocenters. The van der Waals surface area contributed by atoms with Gasteiger partial charge in [0.2, 0.25) is 0 Å². The van der Waals surface area contributed by atoms with E-state index < -0.39 is 11.6 Å². The summed E-state index contributed by atoms with van der Waals surface area (Å²) in [6, 6.07) is 5.48. The van der Waals surface area contributed by atoms with Crippen LogP contribution in [0.4, 0.5) is 8.78 Å². The minimum atomic E-state index is -0.556. The van der Waals surface area contributed by atoms with Gasteiger partial charge in [-0.3, -0.25) is 4.68 Å². The first-order valence-corrected chi connectivity index (χ1v) is 6.68. The summed E-state index contributed by atoms with van der Waals surface area (Å²) in [4.78, 5) is 0. The Morgan fingerprint density at radius 2 is 1.85 bits per heavy atom. The van der Waals surface area contributed by atoms with Crippen LogP contribution in [0.5, 0.6) is 0 Å². The van der Waals surface area contributed by atoms with Gasteiger partial charge in [-0.05, 0) is 37.2 Å². The molecule has 0 saturated heterocycles. The van der Waals surface area contributed by atoms with Gasteiger partial charge in [-0.1, -0.05) is 6.92 Å². The molecule has 0 spiro atoms. The highest BCUT2D eigenvalue weighted by atomic mass is 19.1. The summed E-state index contributed by atoms with van der Waals surface area (Å²) >= 11 is 0. The zero-order valence-electron chi connectivity index (χ0n) is 12.0. The monoisotopic (exact) mass is 279 g/mol. The van der Waals surface area contributed by atoms with Crippen molar-refractivity contribution in [1.82, 2.24) is 15.1 Å². The molecular weight excluding hydrogens is 260 g/mol. The molecular formula is C15H19F2N3. The maximum atomic E-state index is 13.3. The number of hydrogen-bond acceptors (Lipinski definition) is 2. The molecule has 0 fully saturated rings. The highest BCUT2D eigenvalue weighted by Crippen LogP contribution is 2.20. The lowest BCUT2D eigenvalue weighted by atomic mass is 10.0. The zero-order valence-corrected chi connectivity index (χ0v) is 12.0. The first kappa shape index (κ1) is 14.7. The van der Waals surface area contributed by atoms with Gasteiger partial charge in [-0.15, -0.1) is 0 Å². The van der Waals surface area contributed by atoms with E-state index in [2.05, 4.69) is 10.4 Å². The standard InChI is InChI=1S/C15H19F2N3/c1-4-13-8-14(20(3)19-13)9-15(18-2)10-5-11(16)7-12(17)6-10/h5-8,15,18H,4,9H2,1-3H3. The lowest BCUT2D eigenvalue weighted by Gasteiger charge is -2.17. The average Bonchev–Trinajstić information content (AvgIpc) is 2.75. The Bertz CT molecular complexity index is 573. The second-order valence-electron chi connectivity index (χ2n) is 4.85. The Morgan fingerprint density at radius 3 is 2.35 bits per heavy atom.